The van der Waals surface area contributed by atoms with Crippen molar-refractivity contribution in [1.29, 1.82) is 0 Å². The van der Waals surface area contributed by atoms with Gasteiger partial charge in [-0.15, -0.1) is 0 Å². The van der Waals surface area contributed by atoms with E-state index in [2.05, 4.69) is 15.9 Å². The van der Waals surface area contributed by atoms with Gasteiger partial charge in [0.05, 0.1) is 10.1 Å². The Balaban J connectivity index is 2.20. The van der Waals surface area contributed by atoms with Gasteiger partial charge in [-0.25, -0.2) is 0 Å². The first-order valence-corrected chi connectivity index (χ1v) is 7.17. The van der Waals surface area contributed by atoms with Gasteiger partial charge in [0.25, 0.3) is 0 Å². The van der Waals surface area contributed by atoms with Crippen LogP contribution in [0.1, 0.15) is 48.8 Å². The first-order valence-electron chi connectivity index (χ1n) is 6.38. The maximum absolute atomic E-state index is 10.4. The third kappa shape index (κ3) is 1.89. The molecule has 1 aromatic carbocycles. The molecule has 3 rings (SSSR count). The van der Waals surface area contributed by atoms with E-state index < -0.39 is 5.60 Å². The van der Waals surface area contributed by atoms with Gasteiger partial charge in [0.1, 0.15) is 5.75 Å². The van der Waals surface area contributed by atoms with Crippen LogP contribution in [0.4, 0.5) is 0 Å². The van der Waals surface area contributed by atoms with E-state index in [0.717, 1.165) is 42.1 Å². The monoisotopic (exact) mass is 296 g/mol. The van der Waals surface area contributed by atoms with E-state index in [1.807, 2.05) is 6.07 Å². The highest BCUT2D eigenvalue weighted by Crippen LogP contribution is 2.53. The molecule has 0 saturated heterocycles. The maximum Gasteiger partial charge on any atom is 0.136 e. The third-order valence-corrected chi connectivity index (χ3v) is 4.62. The van der Waals surface area contributed by atoms with Crippen molar-refractivity contribution in [2.75, 3.05) is 0 Å². The van der Waals surface area contributed by atoms with Crippen molar-refractivity contribution in [3.63, 3.8) is 0 Å². The Morgan fingerprint density at radius 1 is 1.12 bits per heavy atom. The number of aromatic hydroxyl groups is 1. The number of aliphatic hydroxyl groups is 1. The molecule has 0 unspecified atom stereocenters. The fourth-order valence-corrected chi connectivity index (χ4v) is 3.38. The lowest BCUT2D eigenvalue weighted by molar-refractivity contribution is 0.146. The molecular formula is C14H17BrO2. The molecular weight excluding hydrogens is 280 g/mol. The molecule has 3 heteroatoms. The number of fused-ring (bicyclic) bond motifs is 1. The SMILES string of the molecule is Oc1c(Br)cc2c(c1C1(O)CC1)CCCCC2. The largest absolute Gasteiger partial charge is 0.506 e. The van der Waals surface area contributed by atoms with Crippen LogP contribution in [0.15, 0.2) is 10.5 Å². The molecule has 1 saturated carbocycles. The number of hydrogen-bond donors (Lipinski definition) is 2. The maximum atomic E-state index is 10.4. The molecule has 0 aromatic heterocycles. The van der Waals surface area contributed by atoms with Crippen LogP contribution in [0.25, 0.3) is 0 Å². The summed E-state index contributed by atoms with van der Waals surface area (Å²) in [6.07, 6.45) is 7.24. The van der Waals surface area contributed by atoms with Crippen molar-refractivity contribution in [2.24, 2.45) is 0 Å². The third-order valence-electron chi connectivity index (χ3n) is 4.02. The van der Waals surface area contributed by atoms with Gasteiger partial charge in [0, 0.05) is 5.56 Å². The van der Waals surface area contributed by atoms with E-state index in [1.54, 1.807) is 0 Å². The van der Waals surface area contributed by atoms with Gasteiger partial charge >= 0.3 is 0 Å². The number of phenolic OH excluding ortho intramolecular Hbond substituents is 1. The summed E-state index contributed by atoms with van der Waals surface area (Å²) >= 11 is 3.41. The number of hydrogen-bond acceptors (Lipinski definition) is 2. The average Bonchev–Trinajstić information content (AvgIpc) is 3.05. The second-order valence-corrected chi connectivity index (χ2v) is 6.17. The highest BCUT2D eigenvalue weighted by atomic mass is 79.9. The quantitative estimate of drug-likeness (QED) is 0.780. The summed E-state index contributed by atoms with van der Waals surface area (Å²) in [5.41, 5.74) is 2.58. The van der Waals surface area contributed by atoms with E-state index in [1.165, 1.54) is 24.0 Å². The smallest absolute Gasteiger partial charge is 0.136 e. The Morgan fingerprint density at radius 2 is 1.82 bits per heavy atom. The molecule has 1 fully saturated rings. The molecule has 1 aromatic rings. The minimum absolute atomic E-state index is 0.255. The number of halogens is 1. The minimum atomic E-state index is -0.748. The molecule has 0 amide bonds. The normalized spacial score (nSPS) is 21.8. The molecule has 0 heterocycles. The van der Waals surface area contributed by atoms with Gasteiger partial charge in [-0.1, -0.05) is 6.42 Å². The zero-order chi connectivity index (χ0) is 12.0. The summed E-state index contributed by atoms with van der Waals surface area (Å²) in [5.74, 6) is 0.255. The molecule has 2 N–H and O–H groups in total. The van der Waals surface area contributed by atoms with Crippen LogP contribution in [0.3, 0.4) is 0 Å². The minimum Gasteiger partial charge on any atom is -0.506 e. The summed E-state index contributed by atoms with van der Waals surface area (Å²) in [6, 6.07) is 2.03. The first-order chi connectivity index (χ1) is 8.12. The Morgan fingerprint density at radius 3 is 2.53 bits per heavy atom. The Kier molecular flexibility index (Phi) is 2.71. The lowest BCUT2D eigenvalue weighted by Crippen LogP contribution is -2.11. The zero-order valence-electron chi connectivity index (χ0n) is 9.80. The summed E-state index contributed by atoms with van der Waals surface area (Å²) in [6.45, 7) is 0. The Bertz CT molecular complexity index is 464. The van der Waals surface area contributed by atoms with E-state index in [9.17, 15) is 10.2 Å². The highest BCUT2D eigenvalue weighted by molar-refractivity contribution is 9.10. The predicted molar refractivity (Wildman–Crippen MR) is 70.2 cm³/mol. The van der Waals surface area contributed by atoms with Gasteiger partial charge in [-0.3, -0.25) is 0 Å². The van der Waals surface area contributed by atoms with Crippen LogP contribution in [0, 0.1) is 0 Å². The molecule has 0 radical (unpaired) electrons. The Labute approximate surface area is 110 Å². The van der Waals surface area contributed by atoms with Crippen molar-refractivity contribution in [3.8, 4) is 5.75 Å². The molecule has 2 aliphatic carbocycles. The Hall–Kier alpha value is -0.540. The van der Waals surface area contributed by atoms with E-state index in [0.29, 0.717) is 0 Å². The van der Waals surface area contributed by atoms with Crippen LogP contribution in [0.5, 0.6) is 5.75 Å². The van der Waals surface area contributed by atoms with Crippen molar-refractivity contribution in [1.82, 2.24) is 0 Å². The van der Waals surface area contributed by atoms with Crippen LogP contribution in [0.2, 0.25) is 0 Å². The number of phenols is 1. The van der Waals surface area contributed by atoms with Crippen LogP contribution in [-0.2, 0) is 18.4 Å². The summed E-state index contributed by atoms with van der Waals surface area (Å²) < 4.78 is 0.730. The van der Waals surface area contributed by atoms with Gasteiger partial charge in [-0.05, 0) is 71.6 Å². The molecule has 17 heavy (non-hydrogen) atoms. The molecule has 0 aliphatic heterocycles. The van der Waals surface area contributed by atoms with E-state index in [-0.39, 0.29) is 5.75 Å². The molecule has 92 valence electrons. The second kappa shape index (κ2) is 3.99. The van der Waals surface area contributed by atoms with Gasteiger partial charge in [0.2, 0.25) is 0 Å². The van der Waals surface area contributed by atoms with Crippen molar-refractivity contribution < 1.29 is 10.2 Å². The number of benzene rings is 1. The van der Waals surface area contributed by atoms with E-state index in [4.69, 9.17) is 0 Å². The van der Waals surface area contributed by atoms with Crippen LogP contribution < -0.4 is 0 Å². The molecule has 0 atom stereocenters. The molecule has 0 bridgehead atoms. The topological polar surface area (TPSA) is 40.5 Å². The second-order valence-electron chi connectivity index (χ2n) is 5.31. The van der Waals surface area contributed by atoms with Gasteiger partial charge in [-0.2, -0.15) is 0 Å². The first kappa shape index (κ1) is 11.5. The van der Waals surface area contributed by atoms with Crippen molar-refractivity contribution in [3.05, 3.63) is 27.2 Å². The predicted octanol–water partition coefficient (Wildman–Crippen LogP) is 3.41. The number of rotatable bonds is 1. The average molecular weight is 297 g/mol. The van der Waals surface area contributed by atoms with Crippen LogP contribution in [-0.4, -0.2) is 10.2 Å². The fourth-order valence-electron chi connectivity index (χ4n) is 2.90. The summed E-state index contributed by atoms with van der Waals surface area (Å²) in [4.78, 5) is 0. The van der Waals surface area contributed by atoms with Gasteiger partial charge < -0.3 is 10.2 Å². The zero-order valence-corrected chi connectivity index (χ0v) is 11.4. The molecule has 2 nitrogen and oxygen atoms in total. The summed E-state index contributed by atoms with van der Waals surface area (Å²) in [7, 11) is 0. The fraction of sp³-hybridized carbons (Fsp3) is 0.571. The van der Waals surface area contributed by atoms with Gasteiger partial charge in [0.15, 0.2) is 0 Å². The highest BCUT2D eigenvalue weighted by Gasteiger charge is 2.46. The molecule has 2 aliphatic rings. The summed E-state index contributed by atoms with van der Waals surface area (Å²) in [5, 5.41) is 20.6. The van der Waals surface area contributed by atoms with Crippen molar-refractivity contribution in [2.45, 2.75) is 50.5 Å². The number of aryl methyl sites for hydroxylation is 1. The van der Waals surface area contributed by atoms with Crippen molar-refractivity contribution >= 4 is 15.9 Å². The lowest BCUT2D eigenvalue weighted by atomic mass is 9.92. The molecule has 0 spiro atoms. The lowest BCUT2D eigenvalue weighted by Gasteiger charge is -2.19. The van der Waals surface area contributed by atoms with Crippen LogP contribution >= 0.6 is 15.9 Å². The standard InChI is InChI=1S/C14H17BrO2/c15-11-8-9-4-2-1-3-5-10(9)12(13(11)16)14(17)6-7-14/h8,16-17H,1-7H2. The van der Waals surface area contributed by atoms with E-state index >= 15 is 0 Å².